The van der Waals surface area contributed by atoms with E-state index >= 15 is 0 Å². The van der Waals surface area contributed by atoms with Crippen molar-refractivity contribution in [1.82, 2.24) is 4.72 Å². The third-order valence-corrected chi connectivity index (χ3v) is 4.73. The van der Waals surface area contributed by atoms with Crippen molar-refractivity contribution >= 4 is 31.9 Å². The van der Waals surface area contributed by atoms with Crippen molar-refractivity contribution in [3.8, 4) is 0 Å². The maximum atomic E-state index is 13.3. The molecule has 1 unspecified atom stereocenters. The predicted molar refractivity (Wildman–Crippen MR) is 66.5 cm³/mol. The molecular formula is C10H8BrF4NO4S. The number of sulfonamides is 1. The number of carbonyl (C=O) groups is 1. The Kier molecular flexibility index (Phi) is 4.71. The predicted octanol–water partition coefficient (Wildman–Crippen LogP) is 2.27. The molecule has 0 aromatic heterocycles. The monoisotopic (exact) mass is 393 g/mol. The van der Waals surface area contributed by atoms with Crippen LogP contribution >= 0.6 is 15.9 Å². The fraction of sp³-hybridized carbons (Fsp3) is 0.300. The third-order valence-electron chi connectivity index (χ3n) is 2.53. The molecule has 0 fully saturated rings. The first-order chi connectivity index (χ1) is 9.31. The molecule has 0 aliphatic carbocycles. The summed E-state index contributed by atoms with van der Waals surface area (Å²) in [6, 6.07) is 2.26. The first-order valence-electron chi connectivity index (χ1n) is 5.10. The molecule has 0 amide bonds. The van der Waals surface area contributed by atoms with E-state index < -0.39 is 38.4 Å². The number of hydrogen-bond donors (Lipinski definition) is 2. The van der Waals surface area contributed by atoms with Crippen LogP contribution in [0, 0.1) is 5.82 Å². The van der Waals surface area contributed by atoms with E-state index in [1.807, 2.05) is 0 Å². The minimum Gasteiger partial charge on any atom is -0.480 e. The van der Waals surface area contributed by atoms with E-state index in [1.54, 1.807) is 0 Å². The second kappa shape index (κ2) is 5.54. The van der Waals surface area contributed by atoms with Crippen LogP contribution in [-0.2, 0) is 14.8 Å². The van der Waals surface area contributed by atoms with Gasteiger partial charge in [0.25, 0.3) is 0 Å². The lowest BCUT2D eigenvalue weighted by Crippen LogP contribution is -2.61. The molecule has 0 radical (unpaired) electrons. The molecule has 0 saturated heterocycles. The van der Waals surface area contributed by atoms with E-state index in [9.17, 15) is 30.8 Å². The molecule has 2 N–H and O–H groups in total. The van der Waals surface area contributed by atoms with Crippen LogP contribution in [0.3, 0.4) is 0 Å². The Morgan fingerprint density at radius 3 is 2.24 bits per heavy atom. The minimum atomic E-state index is -5.39. The van der Waals surface area contributed by atoms with E-state index in [1.165, 1.54) is 0 Å². The number of alkyl halides is 3. The molecule has 1 aromatic rings. The quantitative estimate of drug-likeness (QED) is 0.768. The zero-order chi connectivity index (χ0) is 16.6. The summed E-state index contributed by atoms with van der Waals surface area (Å²) in [6.07, 6.45) is -5.39. The molecule has 1 rings (SSSR count). The second-order valence-corrected chi connectivity index (χ2v) is 6.65. The van der Waals surface area contributed by atoms with Gasteiger partial charge in [-0.15, -0.1) is 0 Å². The van der Waals surface area contributed by atoms with E-state index in [-0.39, 0.29) is 11.4 Å². The summed E-state index contributed by atoms with van der Waals surface area (Å²) in [5.41, 5.74) is -3.74. The Labute approximate surface area is 125 Å². The van der Waals surface area contributed by atoms with E-state index in [4.69, 9.17) is 5.11 Å². The molecule has 1 aromatic carbocycles. The average Bonchev–Trinajstić information content (AvgIpc) is 2.30. The van der Waals surface area contributed by atoms with E-state index in [0.717, 1.165) is 16.9 Å². The molecule has 0 heterocycles. The fourth-order valence-corrected chi connectivity index (χ4v) is 2.81. The van der Waals surface area contributed by atoms with Crippen molar-refractivity contribution in [2.24, 2.45) is 0 Å². The summed E-state index contributed by atoms with van der Waals surface area (Å²) >= 11 is 2.75. The van der Waals surface area contributed by atoms with Crippen LogP contribution in [0.2, 0.25) is 0 Å². The van der Waals surface area contributed by atoms with E-state index in [2.05, 4.69) is 15.9 Å². The van der Waals surface area contributed by atoms with Gasteiger partial charge in [-0.25, -0.2) is 17.6 Å². The number of carboxylic acids is 1. The Morgan fingerprint density at radius 2 is 1.86 bits per heavy atom. The highest BCUT2D eigenvalue weighted by Crippen LogP contribution is 2.32. The largest absolute Gasteiger partial charge is 0.480 e. The van der Waals surface area contributed by atoms with Crippen molar-refractivity contribution in [2.75, 3.05) is 0 Å². The molecular weight excluding hydrogens is 386 g/mol. The van der Waals surface area contributed by atoms with Gasteiger partial charge in [-0.05, 0) is 41.1 Å². The van der Waals surface area contributed by atoms with Crippen LogP contribution in [-0.4, -0.2) is 31.2 Å². The number of halogens is 5. The topological polar surface area (TPSA) is 83.5 Å². The Hall–Kier alpha value is -1.20. The average molecular weight is 394 g/mol. The molecule has 5 nitrogen and oxygen atoms in total. The number of nitrogens with one attached hydrogen (secondary N) is 1. The third kappa shape index (κ3) is 3.52. The van der Waals surface area contributed by atoms with Gasteiger partial charge in [-0.1, -0.05) is 0 Å². The Bertz CT molecular complexity index is 676. The van der Waals surface area contributed by atoms with Crippen LogP contribution in [0.5, 0.6) is 0 Å². The van der Waals surface area contributed by atoms with Gasteiger partial charge in [0, 0.05) is 0 Å². The lowest BCUT2D eigenvalue weighted by molar-refractivity contribution is -0.201. The van der Waals surface area contributed by atoms with Gasteiger partial charge in [0.1, 0.15) is 5.82 Å². The van der Waals surface area contributed by atoms with Gasteiger partial charge in [0.2, 0.25) is 15.6 Å². The molecule has 0 bridgehead atoms. The van der Waals surface area contributed by atoms with Crippen molar-refractivity contribution in [1.29, 1.82) is 0 Å². The highest BCUT2D eigenvalue weighted by Gasteiger charge is 2.59. The molecule has 0 aliphatic rings. The smallest absolute Gasteiger partial charge is 0.418 e. The summed E-state index contributed by atoms with van der Waals surface area (Å²) in [6.45, 7) is 0.155. The molecule has 1 atom stereocenters. The van der Waals surface area contributed by atoms with Crippen LogP contribution in [0.1, 0.15) is 6.92 Å². The molecule has 0 spiro atoms. The summed E-state index contributed by atoms with van der Waals surface area (Å²) in [4.78, 5) is 9.94. The molecule has 118 valence electrons. The van der Waals surface area contributed by atoms with Gasteiger partial charge >= 0.3 is 12.1 Å². The zero-order valence-corrected chi connectivity index (χ0v) is 12.6. The van der Waals surface area contributed by atoms with Gasteiger partial charge in [-0.3, -0.25) is 0 Å². The van der Waals surface area contributed by atoms with Gasteiger partial charge in [-0.2, -0.15) is 17.9 Å². The Morgan fingerprint density at radius 1 is 1.33 bits per heavy atom. The standard InChI is InChI=1S/C10H8BrF4NO4S/c1-9(8(17)18,10(13,14)15)16-21(19,20)5-2-3-6(11)7(12)4-5/h2-4,16H,1H3,(H,17,18). The fourth-order valence-electron chi connectivity index (χ4n) is 1.19. The van der Waals surface area contributed by atoms with Crippen molar-refractivity contribution in [3.63, 3.8) is 0 Å². The van der Waals surface area contributed by atoms with Crippen molar-refractivity contribution in [3.05, 3.63) is 28.5 Å². The van der Waals surface area contributed by atoms with Crippen LogP contribution in [0.25, 0.3) is 0 Å². The maximum Gasteiger partial charge on any atom is 0.418 e. The van der Waals surface area contributed by atoms with Crippen LogP contribution in [0.15, 0.2) is 27.6 Å². The first-order valence-corrected chi connectivity index (χ1v) is 7.38. The van der Waals surface area contributed by atoms with E-state index in [0.29, 0.717) is 6.07 Å². The number of benzene rings is 1. The Balaban J connectivity index is 3.31. The summed E-state index contributed by atoms with van der Waals surface area (Å²) < 4.78 is 76.1. The maximum absolute atomic E-state index is 13.3. The minimum absolute atomic E-state index is 0.0988. The summed E-state index contributed by atoms with van der Waals surface area (Å²) in [7, 11) is -4.90. The zero-order valence-electron chi connectivity index (χ0n) is 10.2. The number of hydrogen-bond acceptors (Lipinski definition) is 3. The van der Waals surface area contributed by atoms with Gasteiger partial charge in [0.15, 0.2) is 0 Å². The highest BCUT2D eigenvalue weighted by molar-refractivity contribution is 9.10. The highest BCUT2D eigenvalue weighted by atomic mass is 79.9. The molecule has 11 heteroatoms. The lowest BCUT2D eigenvalue weighted by Gasteiger charge is -2.28. The second-order valence-electron chi connectivity index (χ2n) is 4.11. The normalized spacial score (nSPS) is 15.5. The first kappa shape index (κ1) is 17.9. The van der Waals surface area contributed by atoms with Gasteiger partial charge < -0.3 is 5.11 Å². The summed E-state index contributed by atoms with van der Waals surface area (Å²) in [5, 5.41) is 8.65. The number of rotatable bonds is 4. The van der Waals surface area contributed by atoms with Crippen LogP contribution in [0.4, 0.5) is 17.6 Å². The SMILES string of the molecule is CC(NS(=O)(=O)c1ccc(Br)c(F)c1)(C(=O)O)C(F)(F)F. The lowest BCUT2D eigenvalue weighted by atomic mass is 10.0. The molecule has 21 heavy (non-hydrogen) atoms. The van der Waals surface area contributed by atoms with Crippen LogP contribution < -0.4 is 4.72 Å². The number of aliphatic carboxylic acids is 1. The molecule has 0 aliphatic heterocycles. The number of carboxylic acid groups (broad SMARTS) is 1. The van der Waals surface area contributed by atoms with Crippen molar-refractivity contribution in [2.45, 2.75) is 23.5 Å². The van der Waals surface area contributed by atoms with Crippen molar-refractivity contribution < 1.29 is 35.9 Å². The van der Waals surface area contributed by atoms with Gasteiger partial charge in [0.05, 0.1) is 9.37 Å². The molecule has 0 saturated carbocycles. The summed E-state index contributed by atoms with van der Waals surface area (Å²) in [5.74, 6) is -3.46.